The van der Waals surface area contributed by atoms with Crippen molar-refractivity contribution < 1.29 is 4.52 Å². The number of aryl methyl sites for hydroxylation is 2. The monoisotopic (exact) mass is 265 g/mol. The molecule has 1 N–H and O–H groups in total. The third-order valence-electron chi connectivity index (χ3n) is 2.71. The van der Waals surface area contributed by atoms with Gasteiger partial charge in [-0.05, 0) is 37.1 Å². The van der Waals surface area contributed by atoms with Gasteiger partial charge < -0.3 is 9.84 Å². The van der Waals surface area contributed by atoms with Crippen molar-refractivity contribution in [2.75, 3.05) is 6.54 Å². The van der Waals surface area contributed by atoms with Crippen LogP contribution in [0.3, 0.4) is 0 Å². The van der Waals surface area contributed by atoms with Crippen molar-refractivity contribution in [3.8, 4) is 0 Å². The van der Waals surface area contributed by atoms with Crippen LogP contribution in [-0.2, 0) is 13.0 Å². The lowest BCUT2D eigenvalue weighted by molar-refractivity contribution is 0.372. The predicted octanol–water partition coefficient (Wildman–Crippen LogP) is 2.67. The van der Waals surface area contributed by atoms with Gasteiger partial charge in [0.1, 0.15) is 0 Å². The number of rotatable bonds is 5. The molecule has 0 atom stereocenters. The van der Waals surface area contributed by atoms with Crippen molar-refractivity contribution in [2.24, 2.45) is 0 Å². The second-order valence-corrected chi connectivity index (χ2v) is 4.67. The molecule has 1 heterocycles. The van der Waals surface area contributed by atoms with Gasteiger partial charge in [0.15, 0.2) is 5.82 Å². The number of aromatic nitrogens is 2. The first-order chi connectivity index (χ1) is 8.65. The Bertz CT molecular complexity index is 525. The summed E-state index contributed by atoms with van der Waals surface area (Å²) in [6.07, 6.45) is 0.744. The molecule has 0 amide bonds. The Hall–Kier alpha value is -1.39. The van der Waals surface area contributed by atoms with Gasteiger partial charge in [0.05, 0.1) is 0 Å². The number of halogens is 1. The van der Waals surface area contributed by atoms with Crippen molar-refractivity contribution in [1.82, 2.24) is 15.5 Å². The third kappa shape index (κ3) is 3.55. The fourth-order valence-electron chi connectivity index (χ4n) is 1.72. The third-order valence-corrected chi connectivity index (χ3v) is 2.94. The Kier molecular flexibility index (Phi) is 4.33. The highest BCUT2D eigenvalue weighted by Gasteiger charge is 2.02. The Morgan fingerprint density at radius 2 is 2.17 bits per heavy atom. The summed E-state index contributed by atoms with van der Waals surface area (Å²) in [5.74, 6) is 1.35. The predicted molar refractivity (Wildman–Crippen MR) is 70.6 cm³/mol. The molecule has 0 bridgehead atoms. The van der Waals surface area contributed by atoms with Crippen LogP contribution in [0.15, 0.2) is 22.7 Å². The van der Waals surface area contributed by atoms with Crippen LogP contribution < -0.4 is 5.32 Å². The second kappa shape index (κ2) is 5.98. The molecule has 4 nitrogen and oxygen atoms in total. The summed E-state index contributed by atoms with van der Waals surface area (Å²) in [6.45, 7) is 5.50. The maximum absolute atomic E-state index is 5.91. The molecule has 0 saturated carbocycles. The Morgan fingerprint density at radius 3 is 2.83 bits per heavy atom. The largest absolute Gasteiger partial charge is 0.339 e. The average molecular weight is 266 g/mol. The smallest absolute Gasteiger partial charge is 0.227 e. The highest BCUT2D eigenvalue weighted by Crippen LogP contribution is 2.14. The molecular formula is C13H16ClN3O. The molecule has 0 unspecified atom stereocenters. The molecule has 2 rings (SSSR count). The van der Waals surface area contributed by atoms with Crippen LogP contribution in [0.1, 0.15) is 22.8 Å². The highest BCUT2D eigenvalue weighted by molar-refractivity contribution is 6.30. The van der Waals surface area contributed by atoms with E-state index in [1.165, 1.54) is 11.1 Å². The lowest BCUT2D eigenvalue weighted by Crippen LogP contribution is -2.17. The molecule has 0 spiro atoms. The van der Waals surface area contributed by atoms with E-state index in [1.54, 1.807) is 0 Å². The van der Waals surface area contributed by atoms with Gasteiger partial charge in [0, 0.05) is 24.5 Å². The van der Waals surface area contributed by atoms with Gasteiger partial charge in [-0.15, -0.1) is 0 Å². The van der Waals surface area contributed by atoms with Crippen LogP contribution in [0.4, 0.5) is 0 Å². The molecule has 1 aromatic carbocycles. The zero-order valence-corrected chi connectivity index (χ0v) is 11.3. The van der Waals surface area contributed by atoms with Gasteiger partial charge >= 0.3 is 0 Å². The number of hydrogen-bond acceptors (Lipinski definition) is 4. The van der Waals surface area contributed by atoms with Crippen molar-refractivity contribution in [3.63, 3.8) is 0 Å². The molecule has 0 fully saturated rings. The van der Waals surface area contributed by atoms with E-state index in [2.05, 4.69) is 22.4 Å². The van der Waals surface area contributed by atoms with Crippen LogP contribution >= 0.6 is 11.6 Å². The summed E-state index contributed by atoms with van der Waals surface area (Å²) in [7, 11) is 0. The fourth-order valence-corrected chi connectivity index (χ4v) is 1.94. The molecule has 18 heavy (non-hydrogen) atoms. The van der Waals surface area contributed by atoms with E-state index in [4.69, 9.17) is 16.1 Å². The quantitative estimate of drug-likeness (QED) is 0.845. The molecule has 0 aliphatic carbocycles. The van der Waals surface area contributed by atoms with Crippen LogP contribution in [0.2, 0.25) is 5.02 Å². The minimum atomic E-state index is 0.674. The van der Waals surface area contributed by atoms with Crippen molar-refractivity contribution in [1.29, 1.82) is 0 Å². The summed E-state index contributed by atoms with van der Waals surface area (Å²) in [5.41, 5.74) is 2.45. The van der Waals surface area contributed by atoms with E-state index < -0.39 is 0 Å². The first-order valence-corrected chi connectivity index (χ1v) is 6.28. The molecule has 1 aromatic heterocycles. The normalized spacial score (nSPS) is 10.8. The minimum absolute atomic E-state index is 0.674. The van der Waals surface area contributed by atoms with Crippen molar-refractivity contribution >= 4 is 11.6 Å². The molecule has 5 heteroatoms. The Labute approximate surface area is 111 Å². The molecule has 0 saturated heterocycles. The van der Waals surface area contributed by atoms with Gasteiger partial charge in [0.25, 0.3) is 0 Å². The molecule has 0 radical (unpaired) electrons. The number of hydrogen-bond donors (Lipinski definition) is 1. The van der Waals surface area contributed by atoms with Crippen LogP contribution in [-0.4, -0.2) is 16.7 Å². The second-order valence-electron chi connectivity index (χ2n) is 4.23. The SMILES string of the molecule is Cc1noc(CCNCc2ccc(Cl)cc2C)n1. The van der Waals surface area contributed by atoms with Crippen LogP contribution in [0, 0.1) is 13.8 Å². The van der Waals surface area contributed by atoms with Gasteiger partial charge in [-0.2, -0.15) is 4.98 Å². The maximum Gasteiger partial charge on any atom is 0.227 e. The average Bonchev–Trinajstić information content (AvgIpc) is 2.73. The Morgan fingerprint density at radius 1 is 1.33 bits per heavy atom. The van der Waals surface area contributed by atoms with E-state index in [1.807, 2.05) is 25.1 Å². The van der Waals surface area contributed by atoms with Crippen LogP contribution in [0.25, 0.3) is 0 Å². The number of benzene rings is 1. The van der Waals surface area contributed by atoms with E-state index in [0.29, 0.717) is 11.7 Å². The molecule has 96 valence electrons. The summed E-state index contributed by atoms with van der Waals surface area (Å²) in [4.78, 5) is 4.15. The summed E-state index contributed by atoms with van der Waals surface area (Å²) >= 11 is 5.91. The van der Waals surface area contributed by atoms with Gasteiger partial charge in [-0.3, -0.25) is 0 Å². The number of nitrogens with zero attached hydrogens (tertiary/aromatic N) is 2. The number of nitrogens with one attached hydrogen (secondary N) is 1. The highest BCUT2D eigenvalue weighted by atomic mass is 35.5. The topological polar surface area (TPSA) is 51.0 Å². The van der Waals surface area contributed by atoms with Gasteiger partial charge in [-0.25, -0.2) is 0 Å². The zero-order chi connectivity index (χ0) is 13.0. The van der Waals surface area contributed by atoms with Crippen molar-refractivity contribution in [2.45, 2.75) is 26.8 Å². The maximum atomic E-state index is 5.91. The lowest BCUT2D eigenvalue weighted by Gasteiger charge is -2.07. The van der Waals surface area contributed by atoms with Crippen molar-refractivity contribution in [3.05, 3.63) is 46.1 Å². The van der Waals surface area contributed by atoms with Gasteiger partial charge in [-0.1, -0.05) is 22.8 Å². The summed E-state index contributed by atoms with van der Waals surface area (Å²) in [5, 5.41) is 7.87. The molecule has 2 aromatic rings. The standard InChI is InChI=1S/C13H16ClN3O/c1-9-7-12(14)4-3-11(9)8-15-6-5-13-16-10(2)17-18-13/h3-4,7,15H,5-6,8H2,1-2H3. The van der Waals surface area contributed by atoms with E-state index >= 15 is 0 Å². The van der Waals surface area contributed by atoms with Crippen LogP contribution in [0.5, 0.6) is 0 Å². The minimum Gasteiger partial charge on any atom is -0.339 e. The fraction of sp³-hybridized carbons (Fsp3) is 0.385. The molecule has 0 aliphatic heterocycles. The molecular weight excluding hydrogens is 250 g/mol. The summed E-state index contributed by atoms with van der Waals surface area (Å²) < 4.78 is 5.04. The van der Waals surface area contributed by atoms with E-state index in [0.717, 1.165) is 24.5 Å². The van der Waals surface area contributed by atoms with Gasteiger partial charge in [0.2, 0.25) is 5.89 Å². The van der Waals surface area contributed by atoms with E-state index in [-0.39, 0.29) is 0 Å². The zero-order valence-electron chi connectivity index (χ0n) is 10.5. The Balaban J connectivity index is 1.78. The first kappa shape index (κ1) is 13.1. The lowest BCUT2D eigenvalue weighted by atomic mass is 10.1. The molecule has 0 aliphatic rings. The first-order valence-electron chi connectivity index (χ1n) is 5.90. The summed E-state index contributed by atoms with van der Waals surface area (Å²) in [6, 6.07) is 5.92. The van der Waals surface area contributed by atoms with E-state index in [9.17, 15) is 0 Å².